The Kier molecular flexibility index (Phi) is 7.26. The van der Waals surface area contributed by atoms with Gasteiger partial charge in [0.05, 0.1) is 4.92 Å². The quantitative estimate of drug-likeness (QED) is 0.165. The Morgan fingerprint density at radius 1 is 1.11 bits per heavy atom. The molecule has 0 atom stereocenters. The lowest BCUT2D eigenvalue weighted by atomic mass is 10.1. The van der Waals surface area contributed by atoms with E-state index in [1.807, 2.05) is 30.0 Å². The maximum Gasteiger partial charge on any atom is 0.293 e. The lowest BCUT2D eigenvalue weighted by Crippen LogP contribution is -2.34. The highest BCUT2D eigenvalue weighted by molar-refractivity contribution is 7.80. The fourth-order valence-corrected chi connectivity index (χ4v) is 4.82. The van der Waals surface area contributed by atoms with Crippen molar-refractivity contribution in [2.45, 2.75) is 26.2 Å². The third kappa shape index (κ3) is 5.46. The number of hydrogen-bond acceptors (Lipinski definition) is 7. The van der Waals surface area contributed by atoms with Crippen LogP contribution in [0.3, 0.4) is 0 Å². The number of aromatic nitrogens is 1. The molecule has 9 nitrogen and oxygen atoms in total. The van der Waals surface area contributed by atoms with E-state index in [1.165, 1.54) is 6.07 Å². The third-order valence-electron chi connectivity index (χ3n) is 6.44. The predicted molar refractivity (Wildman–Crippen MR) is 152 cm³/mol. The van der Waals surface area contributed by atoms with Crippen molar-refractivity contribution in [1.29, 1.82) is 0 Å². The second-order valence-electron chi connectivity index (χ2n) is 9.08. The van der Waals surface area contributed by atoms with Gasteiger partial charge in [0.25, 0.3) is 11.6 Å². The highest BCUT2D eigenvalue weighted by Gasteiger charge is 2.23. The molecule has 0 aliphatic carbocycles. The number of piperidine rings is 1. The molecule has 1 aliphatic rings. The van der Waals surface area contributed by atoms with Crippen LogP contribution in [0.1, 0.15) is 35.2 Å². The fraction of sp³-hybridized carbons (Fsp3) is 0.222. The van der Waals surface area contributed by atoms with Gasteiger partial charge in [-0.25, -0.2) is 4.98 Å². The number of hydrogen-bond donors (Lipinski definition) is 2. The van der Waals surface area contributed by atoms with Gasteiger partial charge in [0, 0.05) is 41.0 Å². The molecule has 0 spiro atoms. The molecule has 2 N–H and O–H groups in total. The number of amides is 1. The number of rotatable bonds is 5. The number of benzene rings is 3. The number of carbonyl (C=O) groups is 1. The molecule has 194 valence electrons. The van der Waals surface area contributed by atoms with Crippen LogP contribution >= 0.6 is 23.8 Å². The first-order chi connectivity index (χ1) is 18.3. The first kappa shape index (κ1) is 25.6. The first-order valence-electron chi connectivity index (χ1n) is 12.1. The molecular weight excluding hydrogens is 526 g/mol. The summed E-state index contributed by atoms with van der Waals surface area (Å²) in [6.07, 6.45) is 3.09. The summed E-state index contributed by atoms with van der Waals surface area (Å²) in [6.45, 7) is 3.41. The number of nitro groups is 1. The summed E-state index contributed by atoms with van der Waals surface area (Å²) in [4.78, 5) is 30.7. The van der Waals surface area contributed by atoms with E-state index in [-0.39, 0.29) is 16.4 Å². The van der Waals surface area contributed by atoms with Gasteiger partial charge in [0.15, 0.2) is 10.7 Å². The molecular formula is C27H24ClN5O4S. The van der Waals surface area contributed by atoms with Crippen molar-refractivity contribution in [3.8, 4) is 11.5 Å². The van der Waals surface area contributed by atoms with Crippen LogP contribution in [0.15, 0.2) is 59.0 Å². The number of halogens is 1. The summed E-state index contributed by atoms with van der Waals surface area (Å²) in [7, 11) is 0. The van der Waals surface area contributed by atoms with Crippen molar-refractivity contribution in [3.63, 3.8) is 0 Å². The van der Waals surface area contributed by atoms with Gasteiger partial charge in [-0.05, 0) is 86.4 Å². The van der Waals surface area contributed by atoms with Crippen LogP contribution in [-0.2, 0) is 0 Å². The maximum absolute atomic E-state index is 12.9. The Morgan fingerprint density at radius 3 is 2.66 bits per heavy atom. The first-order valence-corrected chi connectivity index (χ1v) is 12.9. The van der Waals surface area contributed by atoms with Crippen molar-refractivity contribution >= 4 is 63.0 Å². The van der Waals surface area contributed by atoms with E-state index < -0.39 is 10.8 Å². The van der Waals surface area contributed by atoms with E-state index in [0.717, 1.165) is 37.9 Å². The maximum atomic E-state index is 12.9. The molecule has 0 bridgehead atoms. The van der Waals surface area contributed by atoms with Crippen molar-refractivity contribution in [3.05, 3.63) is 80.9 Å². The van der Waals surface area contributed by atoms with Crippen LogP contribution < -0.4 is 15.5 Å². The number of anilines is 2. The molecule has 1 aliphatic heterocycles. The van der Waals surface area contributed by atoms with Gasteiger partial charge in [-0.15, -0.1) is 0 Å². The number of thiocarbonyl (C=S) groups is 1. The van der Waals surface area contributed by atoms with Gasteiger partial charge >= 0.3 is 0 Å². The molecule has 0 radical (unpaired) electrons. The monoisotopic (exact) mass is 549 g/mol. The van der Waals surface area contributed by atoms with Crippen LogP contribution in [0.25, 0.3) is 22.6 Å². The summed E-state index contributed by atoms with van der Waals surface area (Å²) in [6, 6.07) is 15.3. The van der Waals surface area contributed by atoms with Gasteiger partial charge < -0.3 is 14.6 Å². The van der Waals surface area contributed by atoms with E-state index in [0.29, 0.717) is 39.0 Å². The summed E-state index contributed by atoms with van der Waals surface area (Å²) < 4.78 is 5.86. The lowest BCUT2D eigenvalue weighted by Gasteiger charge is -2.28. The van der Waals surface area contributed by atoms with Gasteiger partial charge in [-0.1, -0.05) is 17.7 Å². The Labute approximate surface area is 228 Å². The topological polar surface area (TPSA) is 114 Å². The van der Waals surface area contributed by atoms with Crippen LogP contribution in [0.4, 0.5) is 17.1 Å². The minimum absolute atomic E-state index is 0.0577. The summed E-state index contributed by atoms with van der Waals surface area (Å²) in [5.41, 5.74) is 4.09. The Morgan fingerprint density at radius 2 is 1.89 bits per heavy atom. The minimum atomic E-state index is -0.541. The zero-order chi connectivity index (χ0) is 26.8. The van der Waals surface area contributed by atoms with Gasteiger partial charge in [-0.3, -0.25) is 20.2 Å². The van der Waals surface area contributed by atoms with Crippen LogP contribution in [0, 0.1) is 17.0 Å². The molecule has 5 rings (SSSR count). The van der Waals surface area contributed by atoms with Crippen LogP contribution in [0.2, 0.25) is 5.02 Å². The SMILES string of the molecule is Cc1ccc(-c2nc3cc(Cl)ccc3o2)cc1NC(=S)NC(=O)c1ccc(N2CCCCC2)c([N+](=O)[O-])c1. The van der Waals surface area contributed by atoms with E-state index in [9.17, 15) is 14.9 Å². The predicted octanol–water partition coefficient (Wildman–Crippen LogP) is 6.48. The zero-order valence-corrected chi connectivity index (χ0v) is 22.1. The van der Waals surface area contributed by atoms with Crippen molar-refractivity contribution in [2.75, 3.05) is 23.3 Å². The molecule has 1 aromatic heterocycles. The van der Waals surface area contributed by atoms with Crippen LogP contribution in [0.5, 0.6) is 0 Å². The molecule has 3 aromatic carbocycles. The standard InChI is InChI=1S/C27H24ClN5O4S/c1-16-5-6-18(26-29-21-15-19(28)8-10-24(21)37-26)13-20(16)30-27(38)31-25(34)17-7-9-22(23(14-17)33(35)36)32-11-3-2-4-12-32/h5-10,13-15H,2-4,11-12H2,1H3,(H2,30,31,34,38). The summed E-state index contributed by atoms with van der Waals surface area (Å²) in [5, 5.41) is 18.0. The molecule has 1 saturated heterocycles. The Bertz CT molecular complexity index is 1560. The number of aryl methyl sites for hydroxylation is 1. The summed E-state index contributed by atoms with van der Waals surface area (Å²) in [5.74, 6) is -0.123. The smallest absolute Gasteiger partial charge is 0.293 e. The second kappa shape index (κ2) is 10.8. The largest absolute Gasteiger partial charge is 0.436 e. The molecule has 1 fully saturated rings. The normalized spacial score (nSPS) is 13.4. The summed E-state index contributed by atoms with van der Waals surface area (Å²) >= 11 is 11.4. The van der Waals surface area contributed by atoms with Gasteiger partial charge in [-0.2, -0.15) is 0 Å². The van der Waals surface area contributed by atoms with Crippen molar-refractivity contribution in [2.24, 2.45) is 0 Å². The van der Waals surface area contributed by atoms with Gasteiger partial charge in [0.1, 0.15) is 11.2 Å². The van der Waals surface area contributed by atoms with Crippen molar-refractivity contribution < 1.29 is 14.1 Å². The Hall–Kier alpha value is -4.02. The second-order valence-corrected chi connectivity index (χ2v) is 9.92. The molecule has 0 saturated carbocycles. The highest BCUT2D eigenvalue weighted by atomic mass is 35.5. The molecule has 4 aromatic rings. The van der Waals surface area contributed by atoms with Gasteiger partial charge in [0.2, 0.25) is 5.89 Å². The molecule has 2 heterocycles. The van der Waals surface area contributed by atoms with E-state index in [1.54, 1.807) is 30.3 Å². The van der Waals surface area contributed by atoms with E-state index >= 15 is 0 Å². The number of nitrogens with one attached hydrogen (secondary N) is 2. The zero-order valence-electron chi connectivity index (χ0n) is 20.5. The number of fused-ring (bicyclic) bond motifs is 1. The molecule has 38 heavy (non-hydrogen) atoms. The highest BCUT2D eigenvalue weighted by Crippen LogP contribution is 2.32. The average molecular weight is 550 g/mol. The minimum Gasteiger partial charge on any atom is -0.436 e. The number of carbonyl (C=O) groups excluding carboxylic acids is 1. The average Bonchev–Trinajstić information content (AvgIpc) is 3.33. The van der Waals surface area contributed by atoms with E-state index in [4.69, 9.17) is 28.2 Å². The number of nitrogens with zero attached hydrogens (tertiary/aromatic N) is 3. The fourth-order valence-electron chi connectivity index (χ4n) is 4.46. The third-order valence-corrected chi connectivity index (χ3v) is 6.88. The van der Waals surface area contributed by atoms with Crippen LogP contribution in [-0.4, -0.2) is 34.0 Å². The molecule has 1 amide bonds. The lowest BCUT2D eigenvalue weighted by molar-refractivity contribution is -0.384. The Balaban J connectivity index is 1.31. The number of oxazole rings is 1. The molecule has 0 unspecified atom stereocenters. The molecule has 11 heteroatoms. The van der Waals surface area contributed by atoms with E-state index in [2.05, 4.69) is 15.6 Å². The van der Waals surface area contributed by atoms with Crippen molar-refractivity contribution in [1.82, 2.24) is 10.3 Å². The number of nitro benzene ring substituents is 1.